The fraction of sp³-hybridized carbons (Fsp3) is 0.600. The van der Waals surface area contributed by atoms with Gasteiger partial charge in [-0.25, -0.2) is 0 Å². The van der Waals surface area contributed by atoms with Crippen molar-refractivity contribution in [1.29, 1.82) is 0 Å². The summed E-state index contributed by atoms with van der Waals surface area (Å²) in [6, 6.07) is 0. The lowest BCUT2D eigenvalue weighted by molar-refractivity contribution is -0.0109. The molecule has 0 fully saturated rings. The number of hydrogen-bond acceptors (Lipinski definition) is 3. The lowest BCUT2D eigenvalue weighted by atomic mass is 10.4. The lowest BCUT2D eigenvalue weighted by Crippen LogP contribution is -2.22. The van der Waals surface area contributed by atoms with E-state index in [9.17, 15) is 5.11 Å². The summed E-state index contributed by atoms with van der Waals surface area (Å²) in [5, 5.41) is 9.23. The fourth-order valence-electron chi connectivity index (χ4n) is 0.688. The van der Waals surface area contributed by atoms with E-state index in [1.165, 1.54) is 0 Å². The normalized spacial score (nSPS) is 12.0. The third-order valence-electron chi connectivity index (χ3n) is 1.27. The van der Waals surface area contributed by atoms with Gasteiger partial charge in [0.05, 0.1) is 19.8 Å². The first-order chi connectivity index (χ1) is 6.31. The second-order valence-electron chi connectivity index (χ2n) is 2.53. The van der Waals surface area contributed by atoms with Crippen molar-refractivity contribution in [2.24, 2.45) is 0 Å². The summed E-state index contributed by atoms with van der Waals surface area (Å²) in [5.41, 5.74) is 0. The molecule has 0 rings (SSSR count). The molecular weight excluding hydrogens is 168 g/mol. The first kappa shape index (κ1) is 12.2. The summed E-state index contributed by atoms with van der Waals surface area (Å²) in [5.74, 6) is 2.31. The van der Waals surface area contributed by atoms with Gasteiger partial charge in [0, 0.05) is 0 Å². The number of ether oxygens (including phenoxy) is 2. The zero-order valence-electron chi connectivity index (χ0n) is 7.74. The van der Waals surface area contributed by atoms with Gasteiger partial charge in [-0.2, -0.15) is 0 Å². The van der Waals surface area contributed by atoms with Gasteiger partial charge in [-0.1, -0.05) is 12.0 Å². The number of aliphatic hydroxyl groups is 1. The Kier molecular flexibility index (Phi) is 8.68. The van der Waals surface area contributed by atoms with Gasteiger partial charge in [-0.3, -0.25) is 0 Å². The SMILES string of the molecule is C#CCOCC(O)COCCC=C. The molecule has 0 bridgehead atoms. The van der Waals surface area contributed by atoms with Crippen molar-refractivity contribution in [1.82, 2.24) is 0 Å². The van der Waals surface area contributed by atoms with Gasteiger partial charge in [0.1, 0.15) is 12.7 Å². The number of aliphatic hydroxyl groups excluding tert-OH is 1. The highest BCUT2D eigenvalue weighted by Crippen LogP contribution is 1.89. The molecule has 0 radical (unpaired) electrons. The minimum Gasteiger partial charge on any atom is -0.388 e. The van der Waals surface area contributed by atoms with Gasteiger partial charge in [0.25, 0.3) is 0 Å². The topological polar surface area (TPSA) is 38.7 Å². The van der Waals surface area contributed by atoms with E-state index in [-0.39, 0.29) is 19.8 Å². The Balaban J connectivity index is 3.15. The van der Waals surface area contributed by atoms with Crippen molar-refractivity contribution in [3.05, 3.63) is 12.7 Å². The highest BCUT2D eigenvalue weighted by Gasteiger charge is 2.02. The highest BCUT2D eigenvalue weighted by atomic mass is 16.5. The molecule has 3 nitrogen and oxygen atoms in total. The van der Waals surface area contributed by atoms with Crippen LogP contribution in [0, 0.1) is 12.3 Å². The molecule has 0 saturated heterocycles. The van der Waals surface area contributed by atoms with E-state index in [2.05, 4.69) is 12.5 Å². The van der Waals surface area contributed by atoms with E-state index in [1.54, 1.807) is 6.08 Å². The zero-order valence-corrected chi connectivity index (χ0v) is 7.74. The molecule has 74 valence electrons. The summed E-state index contributed by atoms with van der Waals surface area (Å²) in [6.07, 6.45) is 6.91. The standard InChI is InChI=1S/C10H16O3/c1-3-5-7-13-9-10(11)8-12-6-4-2/h2-3,10-11H,1,5-9H2. The van der Waals surface area contributed by atoms with E-state index < -0.39 is 6.10 Å². The minimum atomic E-state index is -0.599. The van der Waals surface area contributed by atoms with Crippen LogP contribution in [-0.2, 0) is 9.47 Å². The van der Waals surface area contributed by atoms with Gasteiger partial charge < -0.3 is 14.6 Å². The van der Waals surface area contributed by atoms with Crippen molar-refractivity contribution >= 4 is 0 Å². The van der Waals surface area contributed by atoms with Crippen molar-refractivity contribution in [2.75, 3.05) is 26.4 Å². The monoisotopic (exact) mass is 184 g/mol. The Labute approximate surface area is 79.4 Å². The number of terminal acetylenes is 1. The van der Waals surface area contributed by atoms with Crippen LogP contribution in [0.2, 0.25) is 0 Å². The van der Waals surface area contributed by atoms with Crippen molar-refractivity contribution in [3.63, 3.8) is 0 Å². The molecule has 0 aliphatic carbocycles. The lowest BCUT2D eigenvalue weighted by Gasteiger charge is -2.09. The van der Waals surface area contributed by atoms with Gasteiger partial charge in [0.2, 0.25) is 0 Å². The molecule has 3 heteroatoms. The summed E-state index contributed by atoms with van der Waals surface area (Å²) in [4.78, 5) is 0. The summed E-state index contributed by atoms with van der Waals surface area (Å²) < 4.78 is 10.0. The molecule has 13 heavy (non-hydrogen) atoms. The predicted octanol–water partition coefficient (Wildman–Crippen LogP) is 0.590. The molecule has 0 aromatic heterocycles. The minimum absolute atomic E-state index is 0.221. The Bertz CT molecular complexity index is 160. The fourth-order valence-corrected chi connectivity index (χ4v) is 0.688. The predicted molar refractivity (Wildman–Crippen MR) is 51.3 cm³/mol. The van der Waals surface area contributed by atoms with Gasteiger partial charge in [0.15, 0.2) is 0 Å². The van der Waals surface area contributed by atoms with Crippen LogP contribution in [0.4, 0.5) is 0 Å². The third-order valence-corrected chi connectivity index (χ3v) is 1.27. The second kappa shape index (κ2) is 9.27. The van der Waals surface area contributed by atoms with Crippen LogP contribution in [0.1, 0.15) is 6.42 Å². The second-order valence-corrected chi connectivity index (χ2v) is 2.53. The molecular formula is C10H16O3. The largest absolute Gasteiger partial charge is 0.388 e. The first-order valence-corrected chi connectivity index (χ1v) is 4.19. The molecule has 0 aliphatic heterocycles. The van der Waals surface area contributed by atoms with E-state index in [0.717, 1.165) is 6.42 Å². The maximum Gasteiger partial charge on any atom is 0.107 e. The van der Waals surface area contributed by atoms with Crippen LogP contribution in [0.3, 0.4) is 0 Å². The summed E-state index contributed by atoms with van der Waals surface area (Å²) in [7, 11) is 0. The Morgan fingerprint density at radius 1 is 1.46 bits per heavy atom. The van der Waals surface area contributed by atoms with Crippen LogP contribution in [-0.4, -0.2) is 37.6 Å². The highest BCUT2D eigenvalue weighted by molar-refractivity contribution is 4.82. The Morgan fingerprint density at radius 3 is 2.77 bits per heavy atom. The van der Waals surface area contributed by atoms with Crippen LogP contribution in [0.5, 0.6) is 0 Å². The van der Waals surface area contributed by atoms with Gasteiger partial charge in [-0.05, 0) is 6.42 Å². The van der Waals surface area contributed by atoms with Crippen molar-refractivity contribution < 1.29 is 14.6 Å². The van der Waals surface area contributed by atoms with E-state index >= 15 is 0 Å². The molecule has 0 aliphatic rings. The summed E-state index contributed by atoms with van der Waals surface area (Å²) >= 11 is 0. The maximum atomic E-state index is 9.23. The molecule has 1 atom stereocenters. The molecule has 1 unspecified atom stereocenters. The van der Waals surface area contributed by atoms with Crippen LogP contribution in [0.15, 0.2) is 12.7 Å². The molecule has 0 aromatic carbocycles. The van der Waals surface area contributed by atoms with Crippen LogP contribution in [0.25, 0.3) is 0 Å². The molecule has 1 N–H and O–H groups in total. The molecule has 0 saturated carbocycles. The van der Waals surface area contributed by atoms with Crippen molar-refractivity contribution in [2.45, 2.75) is 12.5 Å². The third kappa shape index (κ3) is 9.09. The molecule has 0 amide bonds. The van der Waals surface area contributed by atoms with E-state index in [1.807, 2.05) is 0 Å². The van der Waals surface area contributed by atoms with Gasteiger partial charge >= 0.3 is 0 Å². The maximum absolute atomic E-state index is 9.23. The average molecular weight is 184 g/mol. The quantitative estimate of drug-likeness (QED) is 0.341. The zero-order chi connectivity index (χ0) is 9.94. The molecule has 0 heterocycles. The van der Waals surface area contributed by atoms with Gasteiger partial charge in [-0.15, -0.1) is 13.0 Å². The van der Waals surface area contributed by atoms with E-state index in [4.69, 9.17) is 15.9 Å². The van der Waals surface area contributed by atoms with E-state index in [0.29, 0.717) is 6.61 Å². The molecule has 0 aromatic rings. The van der Waals surface area contributed by atoms with Crippen LogP contribution >= 0.6 is 0 Å². The first-order valence-electron chi connectivity index (χ1n) is 4.19. The Hall–Kier alpha value is -0.820. The van der Waals surface area contributed by atoms with Crippen molar-refractivity contribution in [3.8, 4) is 12.3 Å². The Morgan fingerprint density at radius 2 is 2.15 bits per heavy atom. The molecule has 0 spiro atoms. The van der Waals surface area contributed by atoms with Crippen LogP contribution < -0.4 is 0 Å². The summed E-state index contributed by atoms with van der Waals surface area (Å²) in [6.45, 7) is 4.85. The smallest absolute Gasteiger partial charge is 0.107 e. The number of hydrogen-bond donors (Lipinski definition) is 1. The number of rotatable bonds is 8. The average Bonchev–Trinajstić information content (AvgIpc) is 2.13.